The van der Waals surface area contributed by atoms with Crippen LogP contribution in [-0.4, -0.2) is 24.0 Å². The lowest BCUT2D eigenvalue weighted by Gasteiger charge is -2.31. The maximum absolute atomic E-state index is 13.8. The highest BCUT2D eigenvalue weighted by atomic mass is 19.1. The molecule has 1 atom stereocenters. The third kappa shape index (κ3) is 2.98. The van der Waals surface area contributed by atoms with Crippen molar-refractivity contribution in [2.24, 2.45) is 11.7 Å². The summed E-state index contributed by atoms with van der Waals surface area (Å²) in [4.78, 5) is 2.53. The molecule has 0 aliphatic heterocycles. The predicted molar refractivity (Wildman–Crippen MR) is 75.4 cm³/mol. The number of aryl methyl sites for hydroxylation is 1. The first-order chi connectivity index (χ1) is 9.19. The molecule has 19 heavy (non-hydrogen) atoms. The van der Waals surface area contributed by atoms with Crippen molar-refractivity contribution in [3.05, 3.63) is 35.1 Å². The van der Waals surface area contributed by atoms with Gasteiger partial charge in [0.05, 0.1) is 0 Å². The molecule has 2 aliphatic carbocycles. The molecule has 104 valence electrons. The molecule has 0 radical (unpaired) electrons. The van der Waals surface area contributed by atoms with Crippen LogP contribution in [0.1, 0.15) is 42.9 Å². The normalized spacial score (nSPS) is 20.8. The van der Waals surface area contributed by atoms with Gasteiger partial charge in [-0.1, -0.05) is 12.1 Å². The summed E-state index contributed by atoms with van der Waals surface area (Å²) in [5.41, 5.74) is 7.74. The van der Waals surface area contributed by atoms with Gasteiger partial charge in [0.25, 0.3) is 0 Å². The average molecular weight is 262 g/mol. The molecule has 0 spiro atoms. The summed E-state index contributed by atoms with van der Waals surface area (Å²) >= 11 is 0. The largest absolute Gasteiger partial charge is 0.329 e. The minimum atomic E-state index is -0.113. The Morgan fingerprint density at radius 1 is 1.32 bits per heavy atom. The van der Waals surface area contributed by atoms with Gasteiger partial charge in [0.15, 0.2) is 0 Å². The summed E-state index contributed by atoms with van der Waals surface area (Å²) < 4.78 is 13.8. The smallest absolute Gasteiger partial charge is 0.126 e. The number of benzene rings is 1. The molecule has 1 aromatic carbocycles. The predicted octanol–water partition coefficient (Wildman–Crippen LogP) is 3.01. The number of hydrogen-bond acceptors (Lipinski definition) is 2. The van der Waals surface area contributed by atoms with E-state index in [1.54, 1.807) is 13.0 Å². The molecule has 2 saturated carbocycles. The lowest BCUT2D eigenvalue weighted by Crippen LogP contribution is -2.37. The molecule has 3 rings (SSSR count). The van der Waals surface area contributed by atoms with Crippen LogP contribution in [0, 0.1) is 18.7 Å². The molecule has 0 heterocycles. The van der Waals surface area contributed by atoms with Crippen LogP contribution in [0.25, 0.3) is 0 Å². The van der Waals surface area contributed by atoms with E-state index in [-0.39, 0.29) is 11.9 Å². The van der Waals surface area contributed by atoms with E-state index in [2.05, 4.69) is 4.90 Å². The fourth-order valence-electron chi connectivity index (χ4n) is 2.81. The van der Waals surface area contributed by atoms with Gasteiger partial charge in [-0.15, -0.1) is 0 Å². The van der Waals surface area contributed by atoms with Crippen LogP contribution in [-0.2, 0) is 0 Å². The van der Waals surface area contributed by atoms with Gasteiger partial charge in [-0.3, -0.25) is 4.90 Å². The molecule has 3 heteroatoms. The van der Waals surface area contributed by atoms with Crippen LogP contribution >= 0.6 is 0 Å². The van der Waals surface area contributed by atoms with E-state index in [1.165, 1.54) is 25.7 Å². The van der Waals surface area contributed by atoms with Crippen LogP contribution in [0.15, 0.2) is 18.2 Å². The minimum absolute atomic E-state index is 0.113. The van der Waals surface area contributed by atoms with E-state index in [4.69, 9.17) is 5.73 Å². The molecule has 1 aromatic rings. The molecule has 2 fully saturated rings. The zero-order chi connectivity index (χ0) is 13.4. The van der Waals surface area contributed by atoms with Gasteiger partial charge < -0.3 is 5.73 Å². The fourth-order valence-corrected chi connectivity index (χ4v) is 2.81. The highest BCUT2D eigenvalue weighted by Crippen LogP contribution is 2.39. The molecular weight excluding hydrogens is 239 g/mol. The molecule has 2 nitrogen and oxygen atoms in total. The Balaban J connectivity index is 1.81. The molecule has 2 N–H and O–H groups in total. The topological polar surface area (TPSA) is 29.3 Å². The highest BCUT2D eigenvalue weighted by Gasteiger charge is 2.37. The number of halogens is 1. The summed E-state index contributed by atoms with van der Waals surface area (Å²) in [6, 6.07) is 6.45. The second-order valence-corrected chi connectivity index (χ2v) is 6.13. The first kappa shape index (κ1) is 13.1. The summed E-state index contributed by atoms with van der Waals surface area (Å²) in [6.45, 7) is 3.52. The maximum atomic E-state index is 13.8. The average Bonchev–Trinajstić information content (AvgIpc) is 3.27. The lowest BCUT2D eigenvalue weighted by atomic mass is 10.0. The van der Waals surface area contributed by atoms with E-state index in [0.717, 1.165) is 18.0 Å². The van der Waals surface area contributed by atoms with Crippen molar-refractivity contribution in [1.82, 2.24) is 4.90 Å². The second kappa shape index (κ2) is 5.22. The Labute approximate surface area is 114 Å². The Bertz CT molecular complexity index is 452. The summed E-state index contributed by atoms with van der Waals surface area (Å²) in [5, 5.41) is 0. The van der Waals surface area contributed by atoms with Crippen molar-refractivity contribution in [2.75, 3.05) is 13.1 Å². The molecule has 0 aromatic heterocycles. The maximum Gasteiger partial charge on any atom is 0.126 e. The van der Waals surface area contributed by atoms with Gasteiger partial charge >= 0.3 is 0 Å². The van der Waals surface area contributed by atoms with E-state index in [0.29, 0.717) is 18.2 Å². The zero-order valence-corrected chi connectivity index (χ0v) is 11.6. The quantitative estimate of drug-likeness (QED) is 0.854. The van der Waals surface area contributed by atoms with Gasteiger partial charge in [0.1, 0.15) is 5.82 Å². The zero-order valence-electron chi connectivity index (χ0n) is 11.6. The van der Waals surface area contributed by atoms with Crippen molar-refractivity contribution < 1.29 is 4.39 Å². The first-order valence-electron chi connectivity index (χ1n) is 7.41. The van der Waals surface area contributed by atoms with Crippen LogP contribution in [0.5, 0.6) is 0 Å². The van der Waals surface area contributed by atoms with E-state index in [9.17, 15) is 4.39 Å². The Kier molecular flexibility index (Phi) is 3.59. The highest BCUT2D eigenvalue weighted by molar-refractivity contribution is 5.26. The lowest BCUT2D eigenvalue weighted by molar-refractivity contribution is 0.182. The van der Waals surface area contributed by atoms with Crippen molar-refractivity contribution in [2.45, 2.75) is 44.7 Å². The number of nitrogens with zero attached hydrogens (tertiary/aromatic N) is 1. The Morgan fingerprint density at radius 2 is 2.05 bits per heavy atom. The van der Waals surface area contributed by atoms with Crippen molar-refractivity contribution in [3.63, 3.8) is 0 Å². The third-order valence-electron chi connectivity index (χ3n) is 4.39. The van der Waals surface area contributed by atoms with Gasteiger partial charge in [-0.05, 0) is 55.7 Å². The molecular formula is C16H23FN2. The molecule has 0 amide bonds. The van der Waals surface area contributed by atoms with Crippen LogP contribution in [0.3, 0.4) is 0 Å². The summed E-state index contributed by atoms with van der Waals surface area (Å²) in [6.07, 6.45) is 5.25. The van der Waals surface area contributed by atoms with Gasteiger partial charge in [0, 0.05) is 25.2 Å². The molecule has 0 saturated heterocycles. The summed E-state index contributed by atoms with van der Waals surface area (Å²) in [7, 11) is 0. The standard InChI is InChI=1S/C16H23FN2/c1-11-2-5-13(8-15(11)17)16(9-18)19(14-6-7-14)10-12-3-4-12/h2,5,8,12,14,16H,3-4,6-7,9-10,18H2,1H3. The van der Waals surface area contributed by atoms with E-state index >= 15 is 0 Å². The van der Waals surface area contributed by atoms with Crippen LogP contribution in [0.4, 0.5) is 4.39 Å². The molecule has 1 unspecified atom stereocenters. The SMILES string of the molecule is Cc1ccc(C(CN)N(CC2CC2)C2CC2)cc1F. The van der Waals surface area contributed by atoms with Crippen molar-refractivity contribution >= 4 is 0 Å². The number of hydrogen-bond donors (Lipinski definition) is 1. The van der Waals surface area contributed by atoms with Gasteiger partial charge in [0.2, 0.25) is 0 Å². The number of rotatable bonds is 6. The molecule has 0 bridgehead atoms. The Hall–Kier alpha value is -0.930. The minimum Gasteiger partial charge on any atom is -0.329 e. The van der Waals surface area contributed by atoms with E-state index < -0.39 is 0 Å². The Morgan fingerprint density at radius 3 is 2.58 bits per heavy atom. The fraction of sp³-hybridized carbons (Fsp3) is 0.625. The summed E-state index contributed by atoms with van der Waals surface area (Å²) in [5.74, 6) is 0.739. The van der Waals surface area contributed by atoms with Crippen LogP contribution < -0.4 is 5.73 Å². The van der Waals surface area contributed by atoms with Crippen molar-refractivity contribution in [1.29, 1.82) is 0 Å². The third-order valence-corrected chi connectivity index (χ3v) is 4.39. The van der Waals surface area contributed by atoms with Gasteiger partial charge in [-0.25, -0.2) is 4.39 Å². The molecule has 2 aliphatic rings. The number of nitrogens with two attached hydrogens (primary N) is 1. The first-order valence-corrected chi connectivity index (χ1v) is 7.41. The second-order valence-electron chi connectivity index (χ2n) is 6.13. The van der Waals surface area contributed by atoms with Crippen molar-refractivity contribution in [3.8, 4) is 0 Å². The monoisotopic (exact) mass is 262 g/mol. The van der Waals surface area contributed by atoms with E-state index in [1.807, 2.05) is 12.1 Å². The van der Waals surface area contributed by atoms with Gasteiger partial charge in [-0.2, -0.15) is 0 Å². The van der Waals surface area contributed by atoms with Crippen LogP contribution in [0.2, 0.25) is 0 Å².